The highest BCUT2D eigenvalue weighted by Crippen LogP contribution is 2.61. The average Bonchev–Trinajstić information content (AvgIpc) is 2.92. The van der Waals surface area contributed by atoms with E-state index in [0.29, 0.717) is 19.1 Å². The summed E-state index contributed by atoms with van der Waals surface area (Å²) in [6.07, 6.45) is 4.15. The van der Waals surface area contributed by atoms with Crippen molar-refractivity contribution in [3.8, 4) is 5.75 Å². The largest absolute Gasteiger partial charge is 0.490 e. The first kappa shape index (κ1) is 14.4. The predicted octanol–water partition coefficient (Wildman–Crippen LogP) is 3.52. The van der Waals surface area contributed by atoms with Gasteiger partial charge < -0.3 is 15.2 Å². The first-order valence-corrected chi connectivity index (χ1v) is 8.18. The Morgan fingerprint density at radius 1 is 1.30 bits per heavy atom. The number of benzene rings is 1. The van der Waals surface area contributed by atoms with Gasteiger partial charge in [-0.1, -0.05) is 12.5 Å². The highest BCUT2D eigenvalue weighted by atomic mass is 79.9. The van der Waals surface area contributed by atoms with E-state index in [1.807, 2.05) is 6.07 Å². The number of halogens is 1. The highest BCUT2D eigenvalue weighted by molar-refractivity contribution is 9.10. The summed E-state index contributed by atoms with van der Waals surface area (Å²) in [4.78, 5) is 0. The zero-order valence-electron chi connectivity index (χ0n) is 11.8. The van der Waals surface area contributed by atoms with Gasteiger partial charge in [-0.15, -0.1) is 0 Å². The fourth-order valence-corrected chi connectivity index (χ4v) is 4.22. The maximum absolute atomic E-state index is 6.45. The van der Waals surface area contributed by atoms with Crippen LogP contribution in [0.25, 0.3) is 0 Å². The summed E-state index contributed by atoms with van der Waals surface area (Å²) in [5.74, 6) is 3.34. The number of methoxy groups -OCH3 is 1. The Balaban J connectivity index is 1.64. The number of ether oxygens (including phenoxy) is 2. The van der Waals surface area contributed by atoms with Crippen molar-refractivity contribution in [2.45, 2.75) is 25.3 Å². The van der Waals surface area contributed by atoms with Crippen LogP contribution in [-0.4, -0.2) is 20.3 Å². The number of hydrogen-bond acceptors (Lipinski definition) is 3. The van der Waals surface area contributed by atoms with Crippen LogP contribution in [0, 0.1) is 17.8 Å². The van der Waals surface area contributed by atoms with Crippen molar-refractivity contribution in [1.82, 2.24) is 0 Å². The Labute approximate surface area is 129 Å². The van der Waals surface area contributed by atoms with Crippen molar-refractivity contribution in [2.75, 3.05) is 20.3 Å². The Morgan fingerprint density at radius 2 is 2.05 bits per heavy atom. The molecule has 0 aromatic heterocycles. The fourth-order valence-electron chi connectivity index (χ4n) is 3.71. The Kier molecular flexibility index (Phi) is 4.34. The molecule has 3 atom stereocenters. The SMILES string of the molecule is COCCOc1ccc(C(N)C2C3CCCC32)cc1Br. The molecule has 4 heteroatoms. The van der Waals surface area contributed by atoms with Gasteiger partial charge in [0.1, 0.15) is 12.4 Å². The summed E-state index contributed by atoms with van der Waals surface area (Å²) in [7, 11) is 1.67. The van der Waals surface area contributed by atoms with Crippen molar-refractivity contribution < 1.29 is 9.47 Å². The lowest BCUT2D eigenvalue weighted by Gasteiger charge is -2.16. The van der Waals surface area contributed by atoms with Crippen LogP contribution in [0.2, 0.25) is 0 Å². The van der Waals surface area contributed by atoms with Gasteiger partial charge in [0.2, 0.25) is 0 Å². The van der Waals surface area contributed by atoms with E-state index in [-0.39, 0.29) is 6.04 Å². The molecule has 1 aromatic carbocycles. The fraction of sp³-hybridized carbons (Fsp3) is 0.625. The van der Waals surface area contributed by atoms with Gasteiger partial charge in [0.25, 0.3) is 0 Å². The van der Waals surface area contributed by atoms with Crippen LogP contribution in [0.15, 0.2) is 22.7 Å². The van der Waals surface area contributed by atoms with Gasteiger partial charge in [-0.2, -0.15) is 0 Å². The number of fused-ring (bicyclic) bond motifs is 1. The quantitative estimate of drug-likeness (QED) is 0.806. The molecule has 3 rings (SSSR count). The second kappa shape index (κ2) is 6.04. The summed E-state index contributed by atoms with van der Waals surface area (Å²) in [5, 5.41) is 0. The van der Waals surface area contributed by atoms with Crippen molar-refractivity contribution in [3.63, 3.8) is 0 Å². The van der Waals surface area contributed by atoms with Crippen LogP contribution < -0.4 is 10.5 Å². The maximum Gasteiger partial charge on any atom is 0.133 e. The molecule has 0 aliphatic heterocycles. The summed E-state index contributed by atoms with van der Waals surface area (Å²) in [6.45, 7) is 1.16. The first-order chi connectivity index (χ1) is 9.72. The van der Waals surface area contributed by atoms with E-state index >= 15 is 0 Å². The van der Waals surface area contributed by atoms with E-state index in [2.05, 4.69) is 28.1 Å². The molecule has 110 valence electrons. The number of rotatable bonds is 6. The molecule has 0 spiro atoms. The van der Waals surface area contributed by atoms with E-state index in [9.17, 15) is 0 Å². The maximum atomic E-state index is 6.45. The predicted molar refractivity (Wildman–Crippen MR) is 82.8 cm³/mol. The van der Waals surface area contributed by atoms with Gasteiger partial charge in [-0.3, -0.25) is 0 Å². The average molecular weight is 340 g/mol. The summed E-state index contributed by atoms with van der Waals surface area (Å²) >= 11 is 3.58. The van der Waals surface area contributed by atoms with Gasteiger partial charge in [-0.25, -0.2) is 0 Å². The van der Waals surface area contributed by atoms with E-state index in [1.54, 1.807) is 7.11 Å². The van der Waals surface area contributed by atoms with Gasteiger partial charge in [0.05, 0.1) is 11.1 Å². The molecule has 2 fully saturated rings. The Bertz CT molecular complexity index is 470. The molecule has 0 radical (unpaired) electrons. The normalized spacial score (nSPS) is 29.1. The molecule has 3 nitrogen and oxygen atoms in total. The second-order valence-electron chi connectivity index (χ2n) is 5.89. The Hall–Kier alpha value is -0.580. The molecule has 2 saturated carbocycles. The van der Waals surface area contributed by atoms with Crippen molar-refractivity contribution >= 4 is 15.9 Å². The molecule has 20 heavy (non-hydrogen) atoms. The zero-order chi connectivity index (χ0) is 14.1. The van der Waals surface area contributed by atoms with Crippen molar-refractivity contribution in [3.05, 3.63) is 28.2 Å². The van der Waals surface area contributed by atoms with Crippen LogP contribution in [0.5, 0.6) is 5.75 Å². The van der Waals surface area contributed by atoms with Crippen LogP contribution >= 0.6 is 15.9 Å². The van der Waals surface area contributed by atoms with Crippen LogP contribution in [0.4, 0.5) is 0 Å². The molecular weight excluding hydrogens is 318 g/mol. The first-order valence-electron chi connectivity index (χ1n) is 7.39. The Morgan fingerprint density at radius 3 is 2.70 bits per heavy atom. The van der Waals surface area contributed by atoms with E-state index in [0.717, 1.165) is 22.1 Å². The van der Waals surface area contributed by atoms with E-state index < -0.39 is 0 Å². The number of hydrogen-bond donors (Lipinski definition) is 1. The molecule has 3 unspecified atom stereocenters. The lowest BCUT2D eigenvalue weighted by Crippen LogP contribution is -2.15. The zero-order valence-corrected chi connectivity index (χ0v) is 13.4. The third-order valence-electron chi connectivity index (χ3n) is 4.77. The van der Waals surface area contributed by atoms with E-state index in [1.165, 1.54) is 24.8 Å². The molecule has 2 N–H and O–H groups in total. The molecule has 2 aliphatic rings. The highest BCUT2D eigenvalue weighted by Gasteiger charge is 2.55. The third-order valence-corrected chi connectivity index (χ3v) is 5.39. The van der Waals surface area contributed by atoms with Gasteiger partial charge >= 0.3 is 0 Å². The second-order valence-corrected chi connectivity index (χ2v) is 6.75. The third kappa shape index (κ3) is 2.74. The van der Waals surface area contributed by atoms with Crippen molar-refractivity contribution in [1.29, 1.82) is 0 Å². The smallest absolute Gasteiger partial charge is 0.133 e. The molecule has 0 amide bonds. The molecule has 0 bridgehead atoms. The van der Waals surface area contributed by atoms with Gasteiger partial charge in [0.15, 0.2) is 0 Å². The summed E-state index contributed by atoms with van der Waals surface area (Å²) in [6, 6.07) is 6.40. The number of nitrogens with two attached hydrogens (primary N) is 1. The minimum absolute atomic E-state index is 0.176. The molecular formula is C16H22BrNO2. The van der Waals surface area contributed by atoms with Crippen molar-refractivity contribution in [2.24, 2.45) is 23.5 Å². The van der Waals surface area contributed by atoms with Crippen LogP contribution in [0.3, 0.4) is 0 Å². The van der Waals surface area contributed by atoms with Crippen LogP contribution in [0.1, 0.15) is 30.9 Å². The van der Waals surface area contributed by atoms with Gasteiger partial charge in [0, 0.05) is 13.2 Å². The minimum atomic E-state index is 0.176. The molecule has 1 aromatic rings. The molecule has 0 heterocycles. The topological polar surface area (TPSA) is 44.5 Å². The van der Waals surface area contributed by atoms with Gasteiger partial charge in [-0.05, 0) is 64.2 Å². The standard InChI is InChI=1S/C16H22BrNO2/c1-19-7-8-20-14-6-5-10(9-13(14)17)16(18)15-11-3-2-4-12(11)15/h5-6,9,11-12,15-16H,2-4,7-8,18H2,1H3. The van der Waals surface area contributed by atoms with E-state index in [4.69, 9.17) is 15.2 Å². The monoisotopic (exact) mass is 339 g/mol. The summed E-state index contributed by atoms with van der Waals surface area (Å²) in [5.41, 5.74) is 7.67. The molecule has 2 aliphatic carbocycles. The lowest BCUT2D eigenvalue weighted by molar-refractivity contribution is 0.146. The lowest BCUT2D eigenvalue weighted by atomic mass is 9.98. The molecule has 0 saturated heterocycles. The van der Waals surface area contributed by atoms with Crippen LogP contribution in [-0.2, 0) is 4.74 Å². The minimum Gasteiger partial charge on any atom is -0.490 e. The summed E-state index contributed by atoms with van der Waals surface area (Å²) < 4.78 is 11.6.